The van der Waals surface area contributed by atoms with Crippen molar-refractivity contribution >= 4 is 11.8 Å². The standard InChI is InChI=1S/C19H28N2O4/c1-15(22)21(11-9-16-5-7-17(24-2)8-6-16)12-10-19(23)20-14-18-4-3-13-25-18/h5-8,18H,3-4,9-14H2,1-2H3,(H,20,23). The number of carbonyl (C=O) groups excluding carboxylic acids is 2. The highest BCUT2D eigenvalue weighted by molar-refractivity contribution is 5.78. The summed E-state index contributed by atoms with van der Waals surface area (Å²) in [6, 6.07) is 7.80. The van der Waals surface area contributed by atoms with Crippen molar-refractivity contribution < 1.29 is 19.1 Å². The molecule has 1 aromatic carbocycles. The van der Waals surface area contributed by atoms with Gasteiger partial charge in [0, 0.05) is 39.6 Å². The molecule has 1 atom stereocenters. The highest BCUT2D eigenvalue weighted by Gasteiger charge is 2.17. The van der Waals surface area contributed by atoms with Gasteiger partial charge in [-0.2, -0.15) is 0 Å². The minimum absolute atomic E-state index is 0.0135. The molecular weight excluding hydrogens is 320 g/mol. The predicted octanol–water partition coefficient (Wildman–Crippen LogP) is 1.77. The van der Waals surface area contributed by atoms with Gasteiger partial charge in [-0.05, 0) is 37.0 Å². The molecule has 1 aliphatic rings. The Hall–Kier alpha value is -2.08. The Bertz CT molecular complexity index is 553. The van der Waals surface area contributed by atoms with Crippen LogP contribution in [-0.2, 0) is 20.7 Å². The van der Waals surface area contributed by atoms with Crippen molar-refractivity contribution in [1.82, 2.24) is 10.2 Å². The third kappa shape index (κ3) is 6.74. The number of benzene rings is 1. The molecule has 25 heavy (non-hydrogen) atoms. The molecule has 2 rings (SSSR count). The summed E-state index contributed by atoms with van der Waals surface area (Å²) in [5, 5.41) is 2.89. The number of carbonyl (C=O) groups is 2. The van der Waals surface area contributed by atoms with Gasteiger partial charge < -0.3 is 19.7 Å². The summed E-state index contributed by atoms with van der Waals surface area (Å²) in [6.45, 7) is 3.91. The minimum Gasteiger partial charge on any atom is -0.497 e. The highest BCUT2D eigenvalue weighted by atomic mass is 16.5. The number of methoxy groups -OCH3 is 1. The zero-order chi connectivity index (χ0) is 18.1. The molecular formula is C19H28N2O4. The van der Waals surface area contributed by atoms with Crippen molar-refractivity contribution in [2.24, 2.45) is 0 Å². The monoisotopic (exact) mass is 348 g/mol. The van der Waals surface area contributed by atoms with E-state index in [9.17, 15) is 9.59 Å². The molecule has 6 nitrogen and oxygen atoms in total. The molecule has 1 aromatic rings. The molecule has 1 unspecified atom stereocenters. The SMILES string of the molecule is COc1ccc(CCN(CCC(=O)NCC2CCCO2)C(C)=O)cc1. The first kappa shape index (κ1) is 19.2. The van der Waals surface area contributed by atoms with Crippen molar-refractivity contribution in [3.05, 3.63) is 29.8 Å². The van der Waals surface area contributed by atoms with E-state index in [2.05, 4.69) is 5.32 Å². The Labute approximate surface area is 149 Å². The summed E-state index contributed by atoms with van der Waals surface area (Å²) in [7, 11) is 1.64. The van der Waals surface area contributed by atoms with Crippen LogP contribution >= 0.6 is 0 Å². The molecule has 0 bridgehead atoms. The van der Waals surface area contributed by atoms with Crippen LogP contribution in [0, 0.1) is 0 Å². The van der Waals surface area contributed by atoms with E-state index in [1.54, 1.807) is 12.0 Å². The van der Waals surface area contributed by atoms with Crippen molar-refractivity contribution in [1.29, 1.82) is 0 Å². The van der Waals surface area contributed by atoms with Crippen molar-refractivity contribution in [2.75, 3.05) is 33.4 Å². The minimum atomic E-state index is -0.0359. The smallest absolute Gasteiger partial charge is 0.221 e. The van der Waals surface area contributed by atoms with Gasteiger partial charge in [-0.1, -0.05) is 12.1 Å². The fourth-order valence-electron chi connectivity index (χ4n) is 2.84. The normalized spacial score (nSPS) is 16.5. The lowest BCUT2D eigenvalue weighted by atomic mass is 10.1. The van der Waals surface area contributed by atoms with Crippen molar-refractivity contribution in [3.63, 3.8) is 0 Å². The van der Waals surface area contributed by atoms with Crippen LogP contribution in [0.4, 0.5) is 0 Å². The fourth-order valence-corrected chi connectivity index (χ4v) is 2.84. The molecule has 0 spiro atoms. The van der Waals surface area contributed by atoms with E-state index in [0.29, 0.717) is 26.1 Å². The number of ether oxygens (including phenoxy) is 2. The third-order valence-electron chi connectivity index (χ3n) is 4.43. The second-order valence-corrected chi connectivity index (χ2v) is 6.29. The lowest BCUT2D eigenvalue weighted by Gasteiger charge is -2.21. The zero-order valence-electron chi connectivity index (χ0n) is 15.1. The van der Waals surface area contributed by atoms with E-state index in [1.807, 2.05) is 24.3 Å². The van der Waals surface area contributed by atoms with Crippen LogP contribution in [0.3, 0.4) is 0 Å². The molecule has 0 radical (unpaired) electrons. The fraction of sp³-hybridized carbons (Fsp3) is 0.579. The van der Waals surface area contributed by atoms with Crippen LogP contribution in [-0.4, -0.2) is 56.2 Å². The summed E-state index contributed by atoms with van der Waals surface area (Å²) in [5.74, 6) is 0.765. The van der Waals surface area contributed by atoms with E-state index in [1.165, 1.54) is 6.92 Å². The third-order valence-corrected chi connectivity index (χ3v) is 4.43. The molecule has 1 fully saturated rings. The highest BCUT2D eigenvalue weighted by Crippen LogP contribution is 2.12. The molecule has 6 heteroatoms. The lowest BCUT2D eigenvalue weighted by Crippen LogP contribution is -2.37. The Morgan fingerprint density at radius 1 is 1.28 bits per heavy atom. The van der Waals surface area contributed by atoms with Crippen LogP contribution < -0.4 is 10.1 Å². The van der Waals surface area contributed by atoms with Gasteiger partial charge in [0.25, 0.3) is 0 Å². The van der Waals surface area contributed by atoms with Gasteiger partial charge >= 0.3 is 0 Å². The molecule has 0 saturated carbocycles. The van der Waals surface area contributed by atoms with E-state index in [0.717, 1.165) is 37.2 Å². The van der Waals surface area contributed by atoms with Crippen LogP contribution in [0.5, 0.6) is 5.75 Å². The molecule has 0 aromatic heterocycles. The molecule has 1 aliphatic heterocycles. The molecule has 1 heterocycles. The first-order valence-electron chi connectivity index (χ1n) is 8.85. The number of hydrogen-bond acceptors (Lipinski definition) is 4. The van der Waals surface area contributed by atoms with Gasteiger partial charge in [-0.3, -0.25) is 9.59 Å². The Morgan fingerprint density at radius 2 is 2.04 bits per heavy atom. The van der Waals surface area contributed by atoms with E-state index >= 15 is 0 Å². The number of hydrogen-bond donors (Lipinski definition) is 1. The average Bonchev–Trinajstić information content (AvgIpc) is 3.13. The van der Waals surface area contributed by atoms with E-state index < -0.39 is 0 Å². The van der Waals surface area contributed by atoms with Crippen LogP contribution in [0.15, 0.2) is 24.3 Å². The predicted molar refractivity (Wildman–Crippen MR) is 95.6 cm³/mol. The molecule has 138 valence electrons. The number of nitrogens with one attached hydrogen (secondary N) is 1. The lowest BCUT2D eigenvalue weighted by molar-refractivity contribution is -0.129. The Kier molecular flexibility index (Phi) is 7.73. The maximum atomic E-state index is 12.0. The van der Waals surface area contributed by atoms with Gasteiger partial charge in [0.05, 0.1) is 13.2 Å². The van der Waals surface area contributed by atoms with E-state index in [4.69, 9.17) is 9.47 Å². The van der Waals surface area contributed by atoms with Crippen LogP contribution in [0.1, 0.15) is 31.7 Å². The first-order chi connectivity index (χ1) is 12.1. The molecule has 1 N–H and O–H groups in total. The van der Waals surface area contributed by atoms with Crippen LogP contribution in [0.2, 0.25) is 0 Å². The Balaban J connectivity index is 1.71. The van der Waals surface area contributed by atoms with Crippen molar-refractivity contribution in [2.45, 2.75) is 38.7 Å². The molecule has 1 saturated heterocycles. The summed E-state index contributed by atoms with van der Waals surface area (Å²) in [4.78, 5) is 25.5. The summed E-state index contributed by atoms with van der Waals surface area (Å²) in [5.41, 5.74) is 1.13. The van der Waals surface area contributed by atoms with Gasteiger partial charge in [-0.25, -0.2) is 0 Å². The quantitative estimate of drug-likeness (QED) is 0.739. The van der Waals surface area contributed by atoms with Crippen LogP contribution in [0.25, 0.3) is 0 Å². The largest absolute Gasteiger partial charge is 0.497 e. The number of amides is 2. The second-order valence-electron chi connectivity index (χ2n) is 6.29. The molecule has 2 amide bonds. The maximum absolute atomic E-state index is 12.0. The van der Waals surface area contributed by atoms with Gasteiger partial charge in [0.1, 0.15) is 5.75 Å². The van der Waals surface area contributed by atoms with Gasteiger partial charge in [0.15, 0.2) is 0 Å². The second kappa shape index (κ2) is 10.0. The van der Waals surface area contributed by atoms with Gasteiger partial charge in [-0.15, -0.1) is 0 Å². The van der Waals surface area contributed by atoms with E-state index in [-0.39, 0.29) is 17.9 Å². The topological polar surface area (TPSA) is 67.9 Å². The van der Waals surface area contributed by atoms with Crippen molar-refractivity contribution in [3.8, 4) is 5.75 Å². The first-order valence-corrected chi connectivity index (χ1v) is 8.85. The molecule has 0 aliphatic carbocycles. The van der Waals surface area contributed by atoms with Gasteiger partial charge in [0.2, 0.25) is 11.8 Å². The summed E-state index contributed by atoms with van der Waals surface area (Å²) < 4.78 is 10.6. The number of rotatable bonds is 9. The number of nitrogens with zero attached hydrogens (tertiary/aromatic N) is 1. The Morgan fingerprint density at radius 3 is 2.64 bits per heavy atom. The summed E-state index contributed by atoms with van der Waals surface area (Å²) in [6.07, 6.45) is 3.27. The maximum Gasteiger partial charge on any atom is 0.221 e. The summed E-state index contributed by atoms with van der Waals surface area (Å²) >= 11 is 0. The average molecular weight is 348 g/mol. The zero-order valence-corrected chi connectivity index (χ0v) is 15.1.